The van der Waals surface area contributed by atoms with Crippen molar-refractivity contribution >= 4 is 17.8 Å². The lowest BCUT2D eigenvalue weighted by atomic mass is 9.83. The summed E-state index contributed by atoms with van der Waals surface area (Å²) in [5.41, 5.74) is 0.981. The van der Waals surface area contributed by atoms with Gasteiger partial charge in [-0.05, 0) is 38.1 Å². The molecule has 0 aromatic heterocycles. The largest absolute Gasteiger partial charge is 0.626 e. The zero-order chi connectivity index (χ0) is 15.1. The van der Waals surface area contributed by atoms with E-state index in [-0.39, 0.29) is 11.1 Å². The Kier molecular flexibility index (Phi) is 3.44. The molecule has 2 bridgehead atoms. The van der Waals surface area contributed by atoms with Crippen LogP contribution in [0.1, 0.15) is 23.2 Å². The van der Waals surface area contributed by atoms with Crippen LogP contribution in [0.2, 0.25) is 0 Å². The number of hydrogen-bond acceptors (Lipinski definition) is 5. The molecule has 116 valence electrons. The fraction of sp³-hybridized carbons (Fsp3) is 0.500. The number of rotatable bonds is 2. The molecule has 6 heteroatoms. The third-order valence-corrected chi connectivity index (χ3v) is 4.99. The number of quaternary nitrogens is 1. The van der Waals surface area contributed by atoms with E-state index in [1.807, 2.05) is 0 Å². The first-order valence-corrected chi connectivity index (χ1v) is 7.83. The summed E-state index contributed by atoms with van der Waals surface area (Å²) in [5, 5.41) is 12.4. The van der Waals surface area contributed by atoms with Gasteiger partial charge in [-0.3, -0.25) is 9.89 Å². The number of amides is 1. The minimum atomic E-state index is -0.423. The number of carbonyl (C=O) groups excluding carboxylic acids is 1. The Labute approximate surface area is 129 Å². The topological polar surface area (TPSA) is 69.4 Å². The van der Waals surface area contributed by atoms with Crippen molar-refractivity contribution in [1.82, 2.24) is 4.90 Å². The van der Waals surface area contributed by atoms with E-state index in [0.29, 0.717) is 29.5 Å². The number of ether oxygens (including phenoxy) is 1. The molecule has 3 fully saturated rings. The van der Waals surface area contributed by atoms with E-state index in [2.05, 4.69) is 9.89 Å². The highest BCUT2D eigenvalue weighted by atomic mass is 16.5. The van der Waals surface area contributed by atoms with Gasteiger partial charge in [0, 0.05) is 12.1 Å². The average Bonchev–Trinajstić information content (AvgIpc) is 2.61. The van der Waals surface area contributed by atoms with Crippen molar-refractivity contribution in [3.8, 4) is 5.75 Å². The second-order valence-corrected chi connectivity index (χ2v) is 6.21. The Bertz CT molecular complexity index is 623. The molecule has 1 aromatic carbocycles. The monoisotopic (exact) mass is 301 g/mol. The van der Waals surface area contributed by atoms with Crippen molar-refractivity contribution in [2.75, 3.05) is 26.2 Å². The molecule has 0 aliphatic carbocycles. The van der Waals surface area contributed by atoms with Crippen LogP contribution in [0.3, 0.4) is 0 Å². The van der Waals surface area contributed by atoms with Crippen molar-refractivity contribution in [1.29, 1.82) is 0 Å². The average molecular weight is 301 g/mol. The van der Waals surface area contributed by atoms with Gasteiger partial charge in [-0.15, -0.1) is 0 Å². The van der Waals surface area contributed by atoms with Crippen molar-refractivity contribution < 1.29 is 14.6 Å². The SMILES string of the molecule is O=C(c1cccc2c1OCC=N2)[NH+]([O-])C1CN2CCC1CC2. The van der Waals surface area contributed by atoms with Crippen molar-refractivity contribution in [2.24, 2.45) is 10.9 Å². The van der Waals surface area contributed by atoms with Gasteiger partial charge in [0.05, 0.1) is 6.54 Å². The van der Waals surface area contributed by atoms with Gasteiger partial charge in [0.2, 0.25) is 0 Å². The fourth-order valence-electron chi connectivity index (χ4n) is 3.78. The molecule has 4 aliphatic heterocycles. The van der Waals surface area contributed by atoms with E-state index < -0.39 is 5.91 Å². The smallest absolute Gasteiger partial charge is 0.348 e. The van der Waals surface area contributed by atoms with Crippen LogP contribution in [-0.2, 0) is 0 Å². The van der Waals surface area contributed by atoms with E-state index >= 15 is 0 Å². The first-order valence-electron chi connectivity index (χ1n) is 7.83. The molecule has 1 amide bonds. The molecule has 6 nitrogen and oxygen atoms in total. The third kappa shape index (κ3) is 2.24. The van der Waals surface area contributed by atoms with E-state index in [4.69, 9.17) is 4.74 Å². The van der Waals surface area contributed by atoms with Gasteiger partial charge in [-0.2, -0.15) is 0 Å². The summed E-state index contributed by atoms with van der Waals surface area (Å²) < 4.78 is 5.54. The lowest BCUT2D eigenvalue weighted by Gasteiger charge is -2.47. The number of nitrogens with zero attached hydrogens (tertiary/aromatic N) is 2. The van der Waals surface area contributed by atoms with Crippen LogP contribution in [-0.4, -0.2) is 49.3 Å². The van der Waals surface area contributed by atoms with Crippen LogP contribution < -0.4 is 9.80 Å². The Morgan fingerprint density at radius 3 is 2.91 bits per heavy atom. The maximum Gasteiger partial charge on any atom is 0.348 e. The van der Waals surface area contributed by atoms with Gasteiger partial charge < -0.3 is 15.0 Å². The molecule has 1 N–H and O–H groups in total. The molecule has 2 atom stereocenters. The van der Waals surface area contributed by atoms with Crippen LogP contribution in [0.25, 0.3) is 0 Å². The summed E-state index contributed by atoms with van der Waals surface area (Å²) in [6.45, 7) is 3.18. The molecule has 3 saturated heterocycles. The number of hydroxylamine groups is 2. The number of fused-ring (bicyclic) bond motifs is 4. The van der Waals surface area contributed by atoms with Gasteiger partial charge in [0.1, 0.15) is 23.9 Å². The Morgan fingerprint density at radius 2 is 2.18 bits per heavy atom. The lowest BCUT2D eigenvalue weighted by molar-refractivity contribution is -0.796. The molecule has 1 aromatic rings. The maximum atomic E-state index is 12.7. The number of aliphatic imine (C=N–C) groups is 1. The molecule has 5 rings (SSSR count). The highest BCUT2D eigenvalue weighted by Gasteiger charge is 2.41. The summed E-state index contributed by atoms with van der Waals surface area (Å²) in [7, 11) is 0. The standard InChI is InChI=1S/C16H19N3O3/c20-16(12-2-1-3-13-15(12)22-9-6-17-13)19(21)14-10-18-7-4-11(14)5-8-18/h1-3,6,11,14,19H,4-5,7-10H2. The molecule has 4 heterocycles. The van der Waals surface area contributed by atoms with E-state index in [0.717, 1.165) is 32.5 Å². The predicted molar refractivity (Wildman–Crippen MR) is 81.7 cm³/mol. The van der Waals surface area contributed by atoms with Gasteiger partial charge in [0.15, 0.2) is 5.75 Å². The number of carbonyl (C=O) groups is 1. The first-order chi connectivity index (χ1) is 10.7. The first kappa shape index (κ1) is 13.9. The molecule has 2 unspecified atom stereocenters. The van der Waals surface area contributed by atoms with Gasteiger partial charge in [-0.25, -0.2) is 4.79 Å². The molecular weight excluding hydrogens is 282 g/mol. The van der Waals surface area contributed by atoms with Gasteiger partial charge >= 0.3 is 5.91 Å². The fourth-order valence-corrected chi connectivity index (χ4v) is 3.78. The second-order valence-electron chi connectivity index (χ2n) is 6.21. The number of para-hydroxylation sites is 1. The number of piperidine rings is 3. The maximum absolute atomic E-state index is 12.7. The Hall–Kier alpha value is -1.76. The molecule has 0 spiro atoms. The van der Waals surface area contributed by atoms with Gasteiger partial charge in [0.25, 0.3) is 0 Å². The minimum Gasteiger partial charge on any atom is -0.626 e. The number of nitrogens with one attached hydrogen (secondary N) is 1. The molecular formula is C16H19N3O3. The summed E-state index contributed by atoms with van der Waals surface area (Å²) in [6.07, 6.45) is 3.71. The lowest BCUT2D eigenvalue weighted by Crippen LogP contribution is -3.16. The van der Waals surface area contributed by atoms with Crippen LogP contribution >= 0.6 is 0 Å². The zero-order valence-corrected chi connectivity index (χ0v) is 12.3. The highest BCUT2D eigenvalue weighted by molar-refractivity contribution is 5.94. The van der Waals surface area contributed by atoms with E-state index in [9.17, 15) is 10.0 Å². The normalized spacial score (nSPS) is 30.5. The molecule has 0 radical (unpaired) electrons. The number of hydrogen-bond donors (Lipinski definition) is 1. The summed E-state index contributed by atoms with van der Waals surface area (Å²) in [5.74, 6) is 0.386. The second kappa shape index (κ2) is 5.46. The summed E-state index contributed by atoms with van der Waals surface area (Å²) >= 11 is 0. The van der Waals surface area contributed by atoms with E-state index in [1.165, 1.54) is 0 Å². The minimum absolute atomic E-state index is 0.155. The highest BCUT2D eigenvalue weighted by Crippen LogP contribution is 2.33. The van der Waals surface area contributed by atoms with Gasteiger partial charge in [-0.1, -0.05) is 6.07 Å². The summed E-state index contributed by atoms with van der Waals surface area (Å²) in [4.78, 5) is 19.2. The van der Waals surface area contributed by atoms with Crippen molar-refractivity contribution in [2.45, 2.75) is 18.9 Å². The van der Waals surface area contributed by atoms with Crippen LogP contribution in [0.4, 0.5) is 5.69 Å². The van der Waals surface area contributed by atoms with Crippen LogP contribution in [0.15, 0.2) is 23.2 Å². The zero-order valence-electron chi connectivity index (χ0n) is 12.3. The Morgan fingerprint density at radius 1 is 1.36 bits per heavy atom. The third-order valence-electron chi connectivity index (χ3n) is 4.99. The number of benzene rings is 1. The van der Waals surface area contributed by atoms with Crippen molar-refractivity contribution in [3.63, 3.8) is 0 Å². The predicted octanol–water partition coefficient (Wildman–Crippen LogP) is 0.398. The quantitative estimate of drug-likeness (QED) is 0.803. The van der Waals surface area contributed by atoms with Crippen molar-refractivity contribution in [3.05, 3.63) is 29.0 Å². The molecule has 0 saturated carbocycles. The van der Waals surface area contributed by atoms with E-state index in [1.54, 1.807) is 24.4 Å². The Balaban J connectivity index is 1.61. The summed E-state index contributed by atoms with van der Waals surface area (Å²) in [6, 6.07) is 5.06. The van der Waals surface area contributed by atoms with Crippen LogP contribution in [0, 0.1) is 11.1 Å². The molecule has 4 aliphatic rings. The molecule has 22 heavy (non-hydrogen) atoms. The van der Waals surface area contributed by atoms with Crippen LogP contribution in [0.5, 0.6) is 5.75 Å².